The molecule has 0 aromatic carbocycles. The Labute approximate surface area is 116 Å². The molecule has 0 fully saturated rings. The van der Waals surface area contributed by atoms with Gasteiger partial charge in [0, 0.05) is 11.8 Å². The molecule has 20 heavy (non-hydrogen) atoms. The van der Waals surface area contributed by atoms with Crippen molar-refractivity contribution in [2.75, 3.05) is 6.54 Å². The molecule has 0 radical (unpaired) electrons. The zero-order valence-electron chi connectivity index (χ0n) is 11.7. The molecule has 1 amide bonds. The molecule has 1 aromatic heterocycles. The number of carbonyl (C=O) groups excluding carboxylic acids is 1. The van der Waals surface area contributed by atoms with Gasteiger partial charge in [0.2, 0.25) is 0 Å². The summed E-state index contributed by atoms with van der Waals surface area (Å²) in [6.45, 7) is 4.87. The van der Waals surface area contributed by atoms with Crippen molar-refractivity contribution in [1.82, 2.24) is 10.0 Å². The molecular formula is C13H19FN2O4. The Morgan fingerprint density at radius 3 is 2.70 bits per heavy atom. The van der Waals surface area contributed by atoms with Gasteiger partial charge >= 0.3 is 6.09 Å². The first-order chi connectivity index (χ1) is 9.19. The lowest BCUT2D eigenvalue weighted by Gasteiger charge is -2.23. The highest BCUT2D eigenvalue weighted by Crippen LogP contribution is 2.17. The zero-order valence-corrected chi connectivity index (χ0v) is 11.7. The summed E-state index contributed by atoms with van der Waals surface area (Å²) >= 11 is 0. The molecule has 1 rings (SSSR count). The molecule has 1 heterocycles. The standard InChI is InChI=1S/C13H19FN2O4/c1-13(2,3)20-12(18)16(19)5-4-11(17)9-6-10(14)8-15-7-9/h6-8,11,17,19H,4-5H2,1-3H3/t11-/m0/s1. The van der Waals surface area contributed by atoms with Crippen LogP contribution in [0.3, 0.4) is 0 Å². The molecule has 0 saturated carbocycles. The number of halogens is 1. The maximum absolute atomic E-state index is 12.9. The van der Waals surface area contributed by atoms with Crippen LogP contribution in [0.4, 0.5) is 9.18 Å². The molecular weight excluding hydrogens is 267 g/mol. The Morgan fingerprint density at radius 2 is 2.15 bits per heavy atom. The maximum atomic E-state index is 12.9. The highest BCUT2D eigenvalue weighted by molar-refractivity contribution is 5.66. The number of aliphatic hydroxyl groups is 1. The van der Waals surface area contributed by atoms with Crippen LogP contribution in [0.5, 0.6) is 0 Å². The quantitative estimate of drug-likeness (QED) is 0.655. The van der Waals surface area contributed by atoms with Gasteiger partial charge in [-0.25, -0.2) is 9.18 Å². The summed E-state index contributed by atoms with van der Waals surface area (Å²) in [5, 5.41) is 19.7. The van der Waals surface area contributed by atoms with Gasteiger partial charge in [-0.05, 0) is 33.3 Å². The van der Waals surface area contributed by atoms with Crippen LogP contribution < -0.4 is 0 Å². The van der Waals surface area contributed by atoms with Crippen molar-refractivity contribution < 1.29 is 24.2 Å². The first kappa shape index (κ1) is 16.3. The van der Waals surface area contributed by atoms with E-state index in [9.17, 15) is 19.5 Å². The van der Waals surface area contributed by atoms with Crippen molar-refractivity contribution in [2.24, 2.45) is 0 Å². The minimum atomic E-state index is -1.03. The van der Waals surface area contributed by atoms with E-state index in [0.29, 0.717) is 5.06 Å². The van der Waals surface area contributed by atoms with E-state index in [-0.39, 0.29) is 18.5 Å². The Morgan fingerprint density at radius 1 is 1.50 bits per heavy atom. The van der Waals surface area contributed by atoms with E-state index < -0.39 is 23.6 Å². The Hall–Kier alpha value is -1.73. The highest BCUT2D eigenvalue weighted by atomic mass is 19.1. The molecule has 1 aromatic rings. The van der Waals surface area contributed by atoms with Crippen LogP contribution in [-0.2, 0) is 4.74 Å². The molecule has 7 heteroatoms. The van der Waals surface area contributed by atoms with Gasteiger partial charge in [0.15, 0.2) is 0 Å². The van der Waals surface area contributed by atoms with E-state index in [1.165, 1.54) is 6.20 Å². The van der Waals surface area contributed by atoms with Crippen LogP contribution in [0.2, 0.25) is 0 Å². The first-order valence-corrected chi connectivity index (χ1v) is 6.17. The van der Waals surface area contributed by atoms with E-state index in [1.54, 1.807) is 20.8 Å². The van der Waals surface area contributed by atoms with Crippen molar-refractivity contribution >= 4 is 6.09 Å². The third-order valence-electron chi connectivity index (χ3n) is 2.33. The fraction of sp³-hybridized carbons (Fsp3) is 0.538. The fourth-order valence-corrected chi connectivity index (χ4v) is 1.43. The summed E-state index contributed by atoms with van der Waals surface area (Å²) in [5.74, 6) is -0.561. The summed E-state index contributed by atoms with van der Waals surface area (Å²) in [6, 6.07) is 1.15. The van der Waals surface area contributed by atoms with E-state index in [4.69, 9.17) is 4.74 Å². The lowest BCUT2D eigenvalue weighted by atomic mass is 10.1. The number of hydroxylamine groups is 2. The molecule has 0 saturated heterocycles. The average Bonchev–Trinajstić information content (AvgIpc) is 2.33. The van der Waals surface area contributed by atoms with Crippen LogP contribution in [-0.4, -0.2) is 38.6 Å². The SMILES string of the molecule is CC(C)(C)OC(=O)N(O)CC[C@H](O)c1cncc(F)c1. The Bertz CT molecular complexity index is 462. The number of pyridine rings is 1. The fourth-order valence-electron chi connectivity index (χ4n) is 1.43. The van der Waals surface area contributed by atoms with Gasteiger partial charge in [-0.2, -0.15) is 5.06 Å². The lowest BCUT2D eigenvalue weighted by Crippen LogP contribution is -2.35. The van der Waals surface area contributed by atoms with Crippen molar-refractivity contribution in [1.29, 1.82) is 0 Å². The van der Waals surface area contributed by atoms with Crippen molar-refractivity contribution in [3.63, 3.8) is 0 Å². The minimum Gasteiger partial charge on any atom is -0.442 e. The topological polar surface area (TPSA) is 82.9 Å². The molecule has 0 aliphatic carbocycles. The number of aliphatic hydroxyl groups excluding tert-OH is 1. The number of aromatic nitrogens is 1. The predicted molar refractivity (Wildman–Crippen MR) is 68.5 cm³/mol. The van der Waals surface area contributed by atoms with Gasteiger partial charge in [0.25, 0.3) is 0 Å². The van der Waals surface area contributed by atoms with Crippen LogP contribution in [0.15, 0.2) is 18.5 Å². The number of rotatable bonds is 4. The summed E-state index contributed by atoms with van der Waals surface area (Å²) in [7, 11) is 0. The smallest absolute Gasteiger partial charge is 0.434 e. The summed E-state index contributed by atoms with van der Waals surface area (Å²) in [6.07, 6.45) is 0.441. The van der Waals surface area contributed by atoms with E-state index in [2.05, 4.69) is 4.98 Å². The third-order valence-corrected chi connectivity index (χ3v) is 2.33. The first-order valence-electron chi connectivity index (χ1n) is 6.17. The predicted octanol–water partition coefficient (Wildman–Crippen LogP) is 2.27. The van der Waals surface area contributed by atoms with E-state index in [1.807, 2.05) is 0 Å². The zero-order chi connectivity index (χ0) is 15.3. The maximum Gasteiger partial charge on any atom is 0.434 e. The minimum absolute atomic E-state index is 0.0286. The second-order valence-electron chi connectivity index (χ2n) is 5.34. The molecule has 6 nitrogen and oxygen atoms in total. The van der Waals surface area contributed by atoms with Crippen molar-refractivity contribution in [3.05, 3.63) is 29.8 Å². The summed E-state index contributed by atoms with van der Waals surface area (Å²) < 4.78 is 17.9. The molecule has 0 spiro atoms. The van der Waals surface area contributed by atoms with Crippen molar-refractivity contribution in [2.45, 2.75) is 38.9 Å². The molecule has 2 N–H and O–H groups in total. The third kappa shape index (κ3) is 5.50. The summed E-state index contributed by atoms with van der Waals surface area (Å²) in [5.41, 5.74) is -0.439. The molecule has 0 unspecified atom stereocenters. The van der Waals surface area contributed by atoms with Gasteiger partial charge in [-0.15, -0.1) is 0 Å². The van der Waals surface area contributed by atoms with Crippen molar-refractivity contribution in [3.8, 4) is 0 Å². The van der Waals surface area contributed by atoms with Gasteiger partial charge in [-0.1, -0.05) is 0 Å². The Balaban J connectivity index is 2.48. The number of carbonyl (C=O) groups is 1. The van der Waals surface area contributed by atoms with Crippen LogP contribution in [0, 0.1) is 5.82 Å². The molecule has 0 aliphatic heterocycles. The number of hydrogen-bond donors (Lipinski definition) is 2. The number of ether oxygens (including phenoxy) is 1. The molecule has 1 atom stereocenters. The number of nitrogens with zero attached hydrogens (tertiary/aromatic N) is 2. The van der Waals surface area contributed by atoms with Gasteiger partial charge in [0.1, 0.15) is 11.4 Å². The monoisotopic (exact) mass is 286 g/mol. The van der Waals surface area contributed by atoms with E-state index >= 15 is 0 Å². The molecule has 0 bridgehead atoms. The van der Waals surface area contributed by atoms with Gasteiger partial charge in [-0.3, -0.25) is 10.2 Å². The second-order valence-corrected chi connectivity index (χ2v) is 5.34. The normalized spacial score (nSPS) is 12.9. The molecule has 112 valence electrons. The van der Waals surface area contributed by atoms with Gasteiger partial charge < -0.3 is 9.84 Å². The summed E-state index contributed by atoms with van der Waals surface area (Å²) in [4.78, 5) is 15.1. The van der Waals surface area contributed by atoms with Gasteiger partial charge in [0.05, 0.1) is 18.8 Å². The highest BCUT2D eigenvalue weighted by Gasteiger charge is 2.21. The van der Waals surface area contributed by atoms with Crippen LogP contribution in [0.25, 0.3) is 0 Å². The Kier molecular flexibility index (Phi) is 5.41. The second kappa shape index (κ2) is 6.62. The lowest BCUT2D eigenvalue weighted by molar-refractivity contribution is -0.0982. The largest absolute Gasteiger partial charge is 0.442 e. The average molecular weight is 286 g/mol. The molecule has 0 aliphatic rings. The number of hydrogen-bond acceptors (Lipinski definition) is 5. The van der Waals surface area contributed by atoms with Crippen LogP contribution >= 0.6 is 0 Å². The van der Waals surface area contributed by atoms with E-state index in [0.717, 1.165) is 12.3 Å². The van der Waals surface area contributed by atoms with Crippen LogP contribution in [0.1, 0.15) is 38.9 Å². The number of amides is 1.